The number of rotatable bonds is 3. The lowest BCUT2D eigenvalue weighted by atomic mass is 10.1. The lowest BCUT2D eigenvalue weighted by Crippen LogP contribution is -2.41. The molecule has 8 heteroatoms. The lowest BCUT2D eigenvalue weighted by Gasteiger charge is -2.20. The monoisotopic (exact) mass is 339 g/mol. The minimum absolute atomic E-state index is 0.222. The van der Waals surface area contributed by atoms with Gasteiger partial charge in [-0.15, -0.1) is 0 Å². The average Bonchev–Trinajstić information content (AvgIpc) is 2.85. The number of urea groups is 1. The first-order chi connectivity index (χ1) is 11.9. The number of nitrogens with two attached hydrogens (primary N) is 1. The van der Waals surface area contributed by atoms with Gasteiger partial charge in [0, 0.05) is 19.8 Å². The number of anilines is 3. The highest BCUT2D eigenvalue weighted by atomic mass is 16.2. The molecule has 0 fully saturated rings. The molecule has 1 heterocycles. The fourth-order valence-electron chi connectivity index (χ4n) is 2.55. The molecule has 8 nitrogen and oxygen atoms in total. The van der Waals surface area contributed by atoms with Gasteiger partial charge in [-0.05, 0) is 36.4 Å². The third kappa shape index (κ3) is 2.85. The van der Waals surface area contributed by atoms with Crippen molar-refractivity contribution in [2.24, 2.45) is 0 Å². The van der Waals surface area contributed by atoms with Crippen LogP contribution in [0.15, 0.2) is 42.5 Å². The highest BCUT2D eigenvalue weighted by Crippen LogP contribution is 2.30. The van der Waals surface area contributed by atoms with Gasteiger partial charge in [0.25, 0.3) is 11.8 Å². The largest absolute Gasteiger partial charge is 0.399 e. The summed E-state index contributed by atoms with van der Waals surface area (Å²) >= 11 is 0. The molecule has 0 atom stereocenters. The highest BCUT2D eigenvalue weighted by molar-refractivity contribution is 6.24. The van der Waals surface area contributed by atoms with Crippen LogP contribution in [-0.4, -0.2) is 36.8 Å². The van der Waals surface area contributed by atoms with Crippen molar-refractivity contribution in [1.82, 2.24) is 10.3 Å². The van der Waals surface area contributed by atoms with Gasteiger partial charge >= 0.3 is 6.03 Å². The number of hydrogen-bond acceptors (Lipinski definition) is 5. The summed E-state index contributed by atoms with van der Waals surface area (Å²) in [6.45, 7) is 0. The van der Waals surface area contributed by atoms with Gasteiger partial charge in [-0.3, -0.25) is 30.2 Å². The molecular weight excluding hydrogens is 322 g/mol. The van der Waals surface area contributed by atoms with E-state index in [4.69, 9.17) is 5.73 Å². The number of hydrazine groups is 1. The Kier molecular flexibility index (Phi) is 4.02. The Morgan fingerprint density at radius 3 is 2.44 bits per heavy atom. The van der Waals surface area contributed by atoms with Crippen molar-refractivity contribution in [2.45, 2.75) is 0 Å². The van der Waals surface area contributed by atoms with Crippen molar-refractivity contribution in [1.29, 1.82) is 0 Å². The van der Waals surface area contributed by atoms with Gasteiger partial charge in [0.05, 0.1) is 22.5 Å². The molecule has 4 amide bonds. The Hall–Kier alpha value is -3.55. The fraction of sp³-hybridized carbons (Fsp3) is 0.118. The van der Waals surface area contributed by atoms with Crippen LogP contribution in [0.5, 0.6) is 0 Å². The Bertz CT molecular complexity index is 863. The van der Waals surface area contributed by atoms with Gasteiger partial charge in [0.2, 0.25) is 0 Å². The van der Waals surface area contributed by atoms with E-state index in [0.29, 0.717) is 17.1 Å². The smallest absolute Gasteiger partial charge is 0.340 e. The maximum Gasteiger partial charge on any atom is 0.340 e. The number of amides is 4. The fourth-order valence-corrected chi connectivity index (χ4v) is 2.55. The summed E-state index contributed by atoms with van der Waals surface area (Å²) in [5.74, 6) is -0.808. The quantitative estimate of drug-likeness (QED) is 0.448. The predicted octanol–water partition coefficient (Wildman–Crippen LogP) is 1.67. The van der Waals surface area contributed by atoms with Gasteiger partial charge < -0.3 is 5.73 Å². The van der Waals surface area contributed by atoms with Gasteiger partial charge in [0.15, 0.2) is 0 Å². The zero-order valence-corrected chi connectivity index (χ0v) is 13.7. The summed E-state index contributed by atoms with van der Waals surface area (Å²) in [6.07, 6.45) is 0. The van der Waals surface area contributed by atoms with E-state index in [0.717, 1.165) is 4.90 Å². The Morgan fingerprint density at radius 1 is 1.08 bits per heavy atom. The van der Waals surface area contributed by atoms with E-state index in [9.17, 15) is 14.4 Å². The minimum atomic E-state index is -0.486. The number of imide groups is 1. The molecule has 0 unspecified atom stereocenters. The predicted molar refractivity (Wildman–Crippen MR) is 94.3 cm³/mol. The van der Waals surface area contributed by atoms with E-state index in [-0.39, 0.29) is 17.0 Å². The Labute approximate surface area is 144 Å². The molecule has 128 valence electrons. The molecule has 0 radical (unpaired) electrons. The number of benzene rings is 2. The summed E-state index contributed by atoms with van der Waals surface area (Å²) in [6, 6.07) is 11.2. The number of nitrogen functional groups attached to an aromatic ring is 1. The van der Waals surface area contributed by atoms with Crippen LogP contribution >= 0.6 is 0 Å². The third-order valence-electron chi connectivity index (χ3n) is 3.99. The van der Waals surface area contributed by atoms with Gasteiger partial charge in [0.1, 0.15) is 0 Å². The van der Waals surface area contributed by atoms with Crippen molar-refractivity contribution in [3.05, 3.63) is 53.6 Å². The standard InChI is InChI=1S/C17H17N5O3/c1-21(17(25)20-19-11-8-6-10(18)7-9-11)13-5-3-4-12-14(13)16(24)22(2)15(12)23/h3-9,19H,18H2,1-2H3,(H,20,25). The molecule has 2 aromatic carbocycles. The zero-order valence-electron chi connectivity index (χ0n) is 13.7. The molecule has 3 rings (SSSR count). The van der Waals surface area contributed by atoms with Crippen molar-refractivity contribution < 1.29 is 14.4 Å². The average molecular weight is 339 g/mol. The van der Waals surface area contributed by atoms with Crippen LogP contribution in [-0.2, 0) is 0 Å². The maximum absolute atomic E-state index is 12.4. The molecule has 0 spiro atoms. The van der Waals surface area contributed by atoms with E-state index in [1.165, 1.54) is 19.0 Å². The Balaban J connectivity index is 1.79. The van der Waals surface area contributed by atoms with Crippen molar-refractivity contribution >= 4 is 34.9 Å². The van der Waals surface area contributed by atoms with Gasteiger partial charge in [-0.1, -0.05) is 6.07 Å². The summed E-state index contributed by atoms with van der Waals surface area (Å²) < 4.78 is 0. The first-order valence-electron chi connectivity index (χ1n) is 7.51. The molecule has 0 aliphatic carbocycles. The molecule has 0 bridgehead atoms. The van der Waals surface area contributed by atoms with Crippen LogP contribution in [0.25, 0.3) is 0 Å². The molecular formula is C17H17N5O3. The summed E-state index contributed by atoms with van der Waals surface area (Å²) in [7, 11) is 2.93. The van der Waals surface area contributed by atoms with Crippen LogP contribution in [0.1, 0.15) is 20.7 Å². The molecule has 0 aromatic heterocycles. The summed E-state index contributed by atoms with van der Waals surface area (Å²) in [5, 5.41) is 0. The van der Waals surface area contributed by atoms with Crippen LogP contribution in [0, 0.1) is 0 Å². The number of hydrogen-bond donors (Lipinski definition) is 3. The first kappa shape index (κ1) is 16.3. The van der Waals surface area contributed by atoms with Crippen molar-refractivity contribution in [3.8, 4) is 0 Å². The zero-order chi connectivity index (χ0) is 18.1. The van der Waals surface area contributed by atoms with E-state index < -0.39 is 11.9 Å². The van der Waals surface area contributed by atoms with Crippen LogP contribution < -0.4 is 21.5 Å². The molecule has 1 aliphatic rings. The SMILES string of the molecule is CN1C(=O)c2cccc(N(C)C(=O)NNc3ccc(N)cc3)c2C1=O. The Morgan fingerprint density at radius 2 is 1.76 bits per heavy atom. The second kappa shape index (κ2) is 6.16. The topological polar surface area (TPSA) is 108 Å². The molecule has 4 N–H and O–H groups in total. The maximum atomic E-state index is 12.4. The van der Waals surface area contributed by atoms with Crippen molar-refractivity contribution in [2.75, 3.05) is 30.2 Å². The lowest BCUT2D eigenvalue weighted by molar-refractivity contribution is 0.0693. The van der Waals surface area contributed by atoms with E-state index >= 15 is 0 Å². The van der Waals surface area contributed by atoms with Crippen LogP contribution in [0.3, 0.4) is 0 Å². The van der Waals surface area contributed by atoms with Gasteiger partial charge in [-0.25, -0.2) is 4.79 Å². The highest BCUT2D eigenvalue weighted by Gasteiger charge is 2.36. The number of fused-ring (bicyclic) bond motifs is 1. The number of nitrogens with one attached hydrogen (secondary N) is 2. The normalized spacial score (nSPS) is 12.8. The van der Waals surface area contributed by atoms with Crippen LogP contribution in [0.2, 0.25) is 0 Å². The molecule has 0 saturated heterocycles. The summed E-state index contributed by atoms with van der Waals surface area (Å²) in [4.78, 5) is 39.0. The van der Waals surface area contributed by atoms with Crippen LogP contribution in [0.4, 0.5) is 21.9 Å². The van der Waals surface area contributed by atoms with Gasteiger partial charge in [-0.2, -0.15) is 0 Å². The minimum Gasteiger partial charge on any atom is -0.399 e. The molecule has 1 aliphatic heterocycles. The second-order valence-electron chi connectivity index (χ2n) is 5.61. The van der Waals surface area contributed by atoms with Crippen molar-refractivity contribution in [3.63, 3.8) is 0 Å². The second-order valence-corrected chi connectivity index (χ2v) is 5.61. The van der Waals surface area contributed by atoms with E-state index in [1.807, 2.05) is 0 Å². The molecule has 25 heavy (non-hydrogen) atoms. The third-order valence-corrected chi connectivity index (χ3v) is 3.99. The number of carbonyl (C=O) groups is 3. The molecule has 2 aromatic rings. The number of carbonyl (C=O) groups excluding carboxylic acids is 3. The van der Waals surface area contributed by atoms with E-state index in [2.05, 4.69) is 10.9 Å². The first-order valence-corrected chi connectivity index (χ1v) is 7.51. The van der Waals surface area contributed by atoms with E-state index in [1.54, 1.807) is 42.5 Å². The number of nitrogens with zero attached hydrogens (tertiary/aromatic N) is 2. The summed E-state index contributed by atoms with van der Waals surface area (Å²) in [5.41, 5.74) is 13.0. The molecule has 0 saturated carbocycles.